The number of hydrogen-bond donors (Lipinski definition) is 1. The maximum atomic E-state index is 15.0. The second-order valence-corrected chi connectivity index (χ2v) is 7.87. The second kappa shape index (κ2) is 9.14. The highest BCUT2D eigenvalue weighted by molar-refractivity contribution is 5.77. The first-order valence-corrected chi connectivity index (χ1v) is 10.8. The van der Waals surface area contributed by atoms with Gasteiger partial charge in [0.05, 0.1) is 24.6 Å². The van der Waals surface area contributed by atoms with E-state index in [0.29, 0.717) is 42.0 Å². The van der Waals surface area contributed by atoms with Crippen LogP contribution in [0, 0.1) is 5.82 Å². The smallest absolute Gasteiger partial charge is 0.225 e. The first-order chi connectivity index (χ1) is 14.6. The first kappa shape index (κ1) is 20.8. The van der Waals surface area contributed by atoms with Crippen LogP contribution in [0.3, 0.4) is 0 Å². The van der Waals surface area contributed by atoms with Crippen molar-refractivity contribution in [1.29, 1.82) is 0 Å². The minimum Gasteiger partial charge on any atom is -0.397 e. The largest absolute Gasteiger partial charge is 0.397 e. The first-order valence-electron chi connectivity index (χ1n) is 10.8. The molecule has 1 aromatic carbocycles. The maximum absolute atomic E-state index is 15.0. The molecule has 162 valence electrons. The zero-order valence-electron chi connectivity index (χ0n) is 17.9. The number of benzene rings is 1. The van der Waals surface area contributed by atoms with Crippen molar-refractivity contribution < 1.29 is 9.13 Å². The van der Waals surface area contributed by atoms with Gasteiger partial charge in [0.15, 0.2) is 0 Å². The van der Waals surface area contributed by atoms with E-state index in [-0.39, 0.29) is 5.82 Å². The molecule has 0 saturated carbocycles. The van der Waals surface area contributed by atoms with Crippen LogP contribution in [-0.2, 0) is 4.74 Å². The highest BCUT2D eigenvalue weighted by atomic mass is 19.1. The van der Waals surface area contributed by atoms with Gasteiger partial charge in [0.25, 0.3) is 0 Å². The topological polar surface area (TPSA) is 70.8 Å². The summed E-state index contributed by atoms with van der Waals surface area (Å²) in [6.07, 6.45) is 4.41. The number of hydrogen-bond acceptors (Lipinski definition) is 7. The summed E-state index contributed by atoms with van der Waals surface area (Å²) in [6, 6.07) is 3.76. The van der Waals surface area contributed by atoms with Crippen LogP contribution < -0.4 is 15.5 Å². The van der Waals surface area contributed by atoms with Gasteiger partial charge in [-0.25, -0.2) is 14.4 Å². The number of nitrogens with zero attached hydrogens (tertiary/aromatic N) is 5. The zero-order valence-corrected chi connectivity index (χ0v) is 17.9. The molecule has 30 heavy (non-hydrogen) atoms. The third-order valence-corrected chi connectivity index (χ3v) is 6.19. The van der Waals surface area contributed by atoms with E-state index in [1.54, 1.807) is 24.5 Å². The van der Waals surface area contributed by atoms with E-state index in [4.69, 9.17) is 10.5 Å². The Hall–Kier alpha value is -2.45. The Morgan fingerprint density at radius 1 is 1.10 bits per heavy atom. The lowest BCUT2D eigenvalue weighted by Gasteiger charge is -2.27. The van der Waals surface area contributed by atoms with Crippen molar-refractivity contribution in [3.05, 3.63) is 30.3 Å². The molecule has 0 spiro atoms. The van der Waals surface area contributed by atoms with Crippen LogP contribution in [-0.4, -0.2) is 73.4 Å². The summed E-state index contributed by atoms with van der Waals surface area (Å²) < 4.78 is 20.4. The molecule has 2 aliphatic heterocycles. The molecule has 1 atom stereocenters. The van der Waals surface area contributed by atoms with Gasteiger partial charge in [0.1, 0.15) is 5.82 Å². The van der Waals surface area contributed by atoms with Crippen molar-refractivity contribution in [2.45, 2.75) is 26.3 Å². The highest BCUT2D eigenvalue weighted by Gasteiger charge is 2.28. The summed E-state index contributed by atoms with van der Waals surface area (Å²) in [4.78, 5) is 15.6. The Kier molecular flexibility index (Phi) is 6.34. The average Bonchev–Trinajstić information content (AvgIpc) is 3.26. The van der Waals surface area contributed by atoms with Gasteiger partial charge in [0, 0.05) is 55.7 Å². The molecular weight excluding hydrogens is 383 g/mol. The van der Waals surface area contributed by atoms with Crippen LogP contribution in [0.5, 0.6) is 0 Å². The van der Waals surface area contributed by atoms with Gasteiger partial charge in [-0.3, -0.25) is 4.90 Å². The molecule has 2 aliphatic rings. The fourth-order valence-corrected chi connectivity index (χ4v) is 4.46. The second-order valence-electron chi connectivity index (χ2n) is 7.87. The molecule has 2 N–H and O–H groups in total. The van der Waals surface area contributed by atoms with E-state index >= 15 is 4.39 Å². The van der Waals surface area contributed by atoms with Gasteiger partial charge in [-0.15, -0.1) is 0 Å². The van der Waals surface area contributed by atoms with Gasteiger partial charge < -0.3 is 20.3 Å². The Morgan fingerprint density at radius 2 is 1.80 bits per heavy atom. The van der Waals surface area contributed by atoms with E-state index in [1.807, 2.05) is 0 Å². The van der Waals surface area contributed by atoms with E-state index in [0.717, 1.165) is 51.4 Å². The number of morpholine rings is 1. The molecule has 4 rings (SSSR count). The molecular formula is C22H31FN6O. The van der Waals surface area contributed by atoms with Crippen molar-refractivity contribution in [3.8, 4) is 11.1 Å². The number of anilines is 3. The molecule has 0 unspecified atom stereocenters. The predicted octanol–water partition coefficient (Wildman–Crippen LogP) is 2.62. The van der Waals surface area contributed by atoms with E-state index in [2.05, 4.69) is 38.5 Å². The van der Waals surface area contributed by atoms with Crippen molar-refractivity contribution in [3.63, 3.8) is 0 Å². The SMILES string of the molecule is CCN(CC)[C@@H]1CCN(c2cc(F)c(-c3cnc(N4CCOCC4)nc3)cc2N)C1. The quantitative estimate of drug-likeness (QED) is 0.729. The van der Waals surface area contributed by atoms with Gasteiger partial charge in [-0.1, -0.05) is 13.8 Å². The van der Waals surface area contributed by atoms with Crippen molar-refractivity contribution >= 4 is 17.3 Å². The summed E-state index contributed by atoms with van der Waals surface area (Å²) in [5.74, 6) is 0.347. The van der Waals surface area contributed by atoms with Crippen LogP contribution in [0.15, 0.2) is 24.5 Å². The molecule has 2 fully saturated rings. The Morgan fingerprint density at radius 3 is 2.47 bits per heavy atom. The fourth-order valence-electron chi connectivity index (χ4n) is 4.46. The summed E-state index contributed by atoms with van der Waals surface area (Å²) in [5.41, 5.74) is 8.78. The van der Waals surface area contributed by atoms with Crippen LogP contribution in [0.4, 0.5) is 21.7 Å². The van der Waals surface area contributed by atoms with Crippen LogP contribution in [0.1, 0.15) is 20.3 Å². The lowest BCUT2D eigenvalue weighted by Crippen LogP contribution is -2.37. The van der Waals surface area contributed by atoms with Crippen LogP contribution >= 0.6 is 0 Å². The third-order valence-electron chi connectivity index (χ3n) is 6.19. The molecule has 2 aromatic rings. The Labute approximate surface area is 177 Å². The molecule has 0 amide bonds. The van der Waals surface area contributed by atoms with E-state index < -0.39 is 0 Å². The lowest BCUT2D eigenvalue weighted by molar-refractivity contribution is 0.122. The van der Waals surface area contributed by atoms with Gasteiger partial charge in [0.2, 0.25) is 5.95 Å². The maximum Gasteiger partial charge on any atom is 0.225 e. The standard InChI is InChI=1S/C22H31FN6O/c1-3-27(4-2)17-5-6-29(15-17)21-12-19(23)18(11-20(21)24)16-13-25-22(26-14-16)28-7-9-30-10-8-28/h11-14,17H,3-10,15,24H2,1-2H3/t17-/m1/s1. The van der Waals surface area contributed by atoms with Crippen LogP contribution in [0.25, 0.3) is 11.1 Å². The molecule has 7 nitrogen and oxygen atoms in total. The van der Waals surface area contributed by atoms with Crippen LogP contribution in [0.2, 0.25) is 0 Å². The van der Waals surface area contributed by atoms with E-state index in [1.165, 1.54) is 0 Å². The molecule has 0 radical (unpaired) electrons. The van der Waals surface area contributed by atoms with Crippen molar-refractivity contribution in [2.75, 3.05) is 68.0 Å². The molecule has 3 heterocycles. The molecule has 1 aromatic heterocycles. The minimum absolute atomic E-state index is 0.298. The van der Waals surface area contributed by atoms with Gasteiger partial charge in [-0.05, 0) is 31.6 Å². The number of halogens is 1. The Balaban J connectivity index is 1.52. The summed E-state index contributed by atoms with van der Waals surface area (Å²) in [7, 11) is 0. The zero-order chi connectivity index (χ0) is 21.1. The number of nitrogens with two attached hydrogens (primary N) is 1. The van der Waals surface area contributed by atoms with Crippen molar-refractivity contribution in [2.24, 2.45) is 0 Å². The lowest BCUT2D eigenvalue weighted by atomic mass is 10.1. The molecule has 2 saturated heterocycles. The average molecular weight is 415 g/mol. The monoisotopic (exact) mass is 414 g/mol. The summed E-state index contributed by atoms with van der Waals surface area (Å²) >= 11 is 0. The molecule has 8 heteroatoms. The summed E-state index contributed by atoms with van der Waals surface area (Å²) in [5, 5.41) is 0. The number of likely N-dealkylation sites (N-methyl/N-ethyl adjacent to an activating group) is 1. The minimum atomic E-state index is -0.298. The highest BCUT2D eigenvalue weighted by Crippen LogP contribution is 2.34. The van der Waals surface area contributed by atoms with Gasteiger partial charge in [-0.2, -0.15) is 0 Å². The molecule has 0 bridgehead atoms. The van der Waals surface area contributed by atoms with Gasteiger partial charge >= 0.3 is 0 Å². The van der Waals surface area contributed by atoms with E-state index in [9.17, 15) is 0 Å². The number of nitrogen functional groups attached to an aromatic ring is 1. The number of ether oxygens (including phenoxy) is 1. The summed E-state index contributed by atoms with van der Waals surface area (Å²) in [6.45, 7) is 11.1. The van der Waals surface area contributed by atoms with Crippen molar-refractivity contribution in [1.82, 2.24) is 14.9 Å². The fraction of sp³-hybridized carbons (Fsp3) is 0.545. The normalized spacial score (nSPS) is 19.7. The third kappa shape index (κ3) is 4.20. The number of rotatable bonds is 6. The predicted molar refractivity (Wildman–Crippen MR) is 118 cm³/mol. The Bertz CT molecular complexity index is 851. The number of aromatic nitrogens is 2. The molecule has 0 aliphatic carbocycles.